The highest BCUT2D eigenvalue weighted by molar-refractivity contribution is 6.14. The molecular formula is C80H50N4. The second-order valence-corrected chi connectivity index (χ2v) is 21.3. The van der Waals surface area contributed by atoms with Crippen LogP contribution in [0.25, 0.3) is 149 Å². The molecular weight excluding hydrogens is 1020 g/mol. The van der Waals surface area contributed by atoms with Crippen molar-refractivity contribution in [2.45, 2.75) is 0 Å². The number of nitrogens with zero attached hydrogens (tertiary/aromatic N) is 4. The third-order valence-corrected chi connectivity index (χ3v) is 16.6. The summed E-state index contributed by atoms with van der Waals surface area (Å²) in [7, 11) is 0. The van der Waals surface area contributed by atoms with E-state index in [1.165, 1.54) is 22.3 Å². The largest absolute Gasteiger partial charge is 0.309 e. The van der Waals surface area contributed by atoms with Crippen LogP contribution in [0.5, 0.6) is 0 Å². The second-order valence-electron chi connectivity index (χ2n) is 21.3. The maximum atomic E-state index is 11.8. The van der Waals surface area contributed by atoms with E-state index >= 15 is 0 Å². The molecule has 0 unspecified atom stereocenters. The fourth-order valence-electron chi connectivity index (χ4n) is 12.7. The molecule has 4 nitrogen and oxygen atoms in total. The van der Waals surface area contributed by atoms with Crippen molar-refractivity contribution in [1.82, 2.24) is 9.13 Å². The summed E-state index contributed by atoms with van der Waals surface area (Å²) in [4.78, 5) is 4.51. The standard InChI is InChI=1S/C80H50N4/c1-82-80-78(58-30-18-7-19-31-58)77(59-32-40-65(41-33-59)83-72-44-36-61(53-20-8-2-9-21-53)48-67(72)68-49-62(37-45-73(68)83)54-22-10-3-11-23-54)71(52-81)76(57-28-16-6-17-29-57)79(80)60-34-42-66(43-35-60)84-74-46-38-63(55-24-12-4-13-25-55)50-69(74)70-51-64(39-47-75(70)84)56-26-14-5-15-27-56/h2-51H. The Morgan fingerprint density at radius 3 is 0.774 bits per heavy atom. The second kappa shape index (κ2) is 20.8. The van der Waals surface area contributed by atoms with Gasteiger partial charge in [0.15, 0.2) is 0 Å². The zero-order valence-electron chi connectivity index (χ0n) is 45.7. The van der Waals surface area contributed by atoms with Crippen molar-refractivity contribution < 1.29 is 0 Å². The van der Waals surface area contributed by atoms with Crippen LogP contribution in [-0.2, 0) is 0 Å². The molecule has 0 atom stereocenters. The molecule has 0 amide bonds. The first-order valence-electron chi connectivity index (χ1n) is 28.3. The minimum absolute atomic E-state index is 0.482. The Morgan fingerprint density at radius 2 is 0.500 bits per heavy atom. The molecule has 390 valence electrons. The Labute approximate surface area is 487 Å². The lowest BCUT2D eigenvalue weighted by Gasteiger charge is -2.23. The van der Waals surface area contributed by atoms with E-state index in [2.05, 4.69) is 287 Å². The first-order valence-corrected chi connectivity index (χ1v) is 28.3. The molecule has 0 saturated heterocycles. The van der Waals surface area contributed by atoms with Gasteiger partial charge in [-0.05, 0) is 162 Å². The van der Waals surface area contributed by atoms with Gasteiger partial charge in [-0.25, -0.2) is 4.85 Å². The van der Waals surface area contributed by atoms with Crippen molar-refractivity contribution >= 4 is 49.3 Å². The molecule has 13 aromatic carbocycles. The average Bonchev–Trinajstić information content (AvgIpc) is 2.30. The van der Waals surface area contributed by atoms with Crippen LogP contribution in [0.3, 0.4) is 0 Å². The van der Waals surface area contributed by atoms with Crippen LogP contribution in [0.1, 0.15) is 5.56 Å². The van der Waals surface area contributed by atoms with Crippen LogP contribution in [0, 0.1) is 17.9 Å². The van der Waals surface area contributed by atoms with Crippen LogP contribution < -0.4 is 0 Å². The van der Waals surface area contributed by atoms with E-state index in [-0.39, 0.29) is 0 Å². The van der Waals surface area contributed by atoms with Gasteiger partial charge in [0.05, 0.1) is 34.2 Å². The lowest BCUT2D eigenvalue weighted by molar-refractivity contribution is 1.18. The van der Waals surface area contributed by atoms with E-state index < -0.39 is 0 Å². The molecule has 0 aliphatic heterocycles. The van der Waals surface area contributed by atoms with Crippen LogP contribution >= 0.6 is 0 Å². The Balaban J connectivity index is 0.906. The van der Waals surface area contributed by atoms with E-state index in [0.29, 0.717) is 11.3 Å². The number of rotatable bonds is 10. The number of aromatic nitrogens is 2. The maximum absolute atomic E-state index is 11.8. The predicted octanol–water partition coefficient (Wildman–Crippen LogP) is 21.6. The molecule has 0 spiro atoms. The summed E-state index contributed by atoms with van der Waals surface area (Å²) in [5, 5.41) is 16.4. The Bertz CT molecular complexity index is 4550. The van der Waals surface area contributed by atoms with Crippen molar-refractivity contribution in [1.29, 1.82) is 5.26 Å². The molecule has 0 aliphatic rings. The highest BCUT2D eigenvalue weighted by Crippen LogP contribution is 2.53. The van der Waals surface area contributed by atoms with Crippen LogP contribution in [0.4, 0.5) is 5.69 Å². The van der Waals surface area contributed by atoms with E-state index in [1.54, 1.807) is 0 Å². The fourth-order valence-corrected chi connectivity index (χ4v) is 12.7. The molecule has 84 heavy (non-hydrogen) atoms. The van der Waals surface area contributed by atoms with Gasteiger partial charge in [-0.3, -0.25) is 0 Å². The van der Waals surface area contributed by atoms with Crippen LogP contribution in [0.15, 0.2) is 303 Å². The summed E-state index contributed by atoms with van der Waals surface area (Å²) in [5.74, 6) is 0. The first kappa shape index (κ1) is 49.5. The highest BCUT2D eigenvalue weighted by Gasteiger charge is 2.28. The average molecular weight is 1070 g/mol. The van der Waals surface area contributed by atoms with Crippen LogP contribution in [0.2, 0.25) is 0 Å². The first-order chi connectivity index (χ1) is 41.6. The van der Waals surface area contributed by atoms with Gasteiger partial charge in [-0.15, -0.1) is 0 Å². The van der Waals surface area contributed by atoms with Gasteiger partial charge < -0.3 is 9.13 Å². The van der Waals surface area contributed by atoms with Gasteiger partial charge in [0.25, 0.3) is 0 Å². The molecule has 2 heterocycles. The quantitative estimate of drug-likeness (QED) is 0.126. The summed E-state index contributed by atoms with van der Waals surface area (Å²) in [6.45, 7) is 9.22. The van der Waals surface area contributed by atoms with Gasteiger partial charge in [0, 0.05) is 32.9 Å². The lowest BCUT2D eigenvalue weighted by Crippen LogP contribution is -2.00. The van der Waals surface area contributed by atoms with Gasteiger partial charge in [-0.1, -0.05) is 231 Å². The summed E-state index contributed by atoms with van der Waals surface area (Å²) in [6, 6.07) is 109. The number of benzene rings is 13. The fraction of sp³-hybridized carbons (Fsp3) is 0. The number of hydrogen-bond donors (Lipinski definition) is 0. The van der Waals surface area contributed by atoms with Crippen LogP contribution in [-0.4, -0.2) is 9.13 Å². The van der Waals surface area contributed by atoms with E-state index in [9.17, 15) is 11.8 Å². The Hall–Kier alpha value is -11.6. The zero-order chi connectivity index (χ0) is 56.1. The SMILES string of the molecule is [C-]#[N+]c1c(-c2ccccc2)c(-c2ccc(-n3c4ccc(-c5ccccc5)cc4c4cc(-c5ccccc5)ccc43)cc2)c(C#N)c(-c2ccccc2)c1-c1ccc(-n2c3ccc(-c4ccccc4)cc3c3cc(-c4ccccc4)ccc32)cc1. The van der Waals surface area contributed by atoms with E-state index in [1.807, 2.05) is 36.4 Å². The Morgan fingerprint density at radius 1 is 0.262 bits per heavy atom. The monoisotopic (exact) mass is 1070 g/mol. The highest BCUT2D eigenvalue weighted by atomic mass is 15.0. The molecule has 0 saturated carbocycles. The minimum Gasteiger partial charge on any atom is -0.309 e. The summed E-state index contributed by atoms with van der Waals surface area (Å²) in [5.41, 5.74) is 22.9. The van der Waals surface area contributed by atoms with Crippen molar-refractivity contribution in [2.75, 3.05) is 0 Å². The number of hydrogen-bond acceptors (Lipinski definition) is 1. The van der Waals surface area contributed by atoms with Gasteiger partial charge in [-0.2, -0.15) is 5.26 Å². The summed E-state index contributed by atoms with van der Waals surface area (Å²) < 4.78 is 4.69. The third kappa shape index (κ3) is 8.45. The summed E-state index contributed by atoms with van der Waals surface area (Å²) in [6.07, 6.45) is 0. The molecule has 4 heteroatoms. The molecule has 0 bridgehead atoms. The number of fused-ring (bicyclic) bond motifs is 6. The van der Waals surface area contributed by atoms with Crippen molar-refractivity contribution in [3.05, 3.63) is 320 Å². The predicted molar refractivity (Wildman–Crippen MR) is 350 cm³/mol. The molecule has 0 fully saturated rings. The molecule has 15 rings (SSSR count). The van der Waals surface area contributed by atoms with E-state index in [4.69, 9.17) is 0 Å². The topological polar surface area (TPSA) is 38.0 Å². The summed E-state index contributed by atoms with van der Waals surface area (Å²) >= 11 is 0. The molecule has 0 N–H and O–H groups in total. The Kier molecular flexibility index (Phi) is 12.3. The van der Waals surface area contributed by atoms with Crippen molar-refractivity contribution in [3.63, 3.8) is 0 Å². The van der Waals surface area contributed by atoms with Crippen molar-refractivity contribution in [3.8, 4) is 106 Å². The van der Waals surface area contributed by atoms with Crippen molar-refractivity contribution in [2.24, 2.45) is 0 Å². The lowest BCUT2D eigenvalue weighted by atomic mass is 9.80. The maximum Gasteiger partial charge on any atom is 0.203 e. The van der Waals surface area contributed by atoms with Gasteiger partial charge >= 0.3 is 0 Å². The van der Waals surface area contributed by atoms with Gasteiger partial charge in [0.2, 0.25) is 5.69 Å². The minimum atomic E-state index is 0.482. The molecule has 2 aromatic heterocycles. The molecule has 0 aliphatic carbocycles. The van der Waals surface area contributed by atoms with Gasteiger partial charge in [0.1, 0.15) is 6.07 Å². The number of nitriles is 1. The zero-order valence-corrected chi connectivity index (χ0v) is 45.7. The third-order valence-electron chi connectivity index (χ3n) is 16.6. The smallest absolute Gasteiger partial charge is 0.203 e. The molecule has 0 radical (unpaired) electrons. The van der Waals surface area contributed by atoms with E-state index in [0.717, 1.165) is 122 Å². The normalized spacial score (nSPS) is 11.3. The molecule has 15 aromatic rings.